The summed E-state index contributed by atoms with van der Waals surface area (Å²) in [6.45, 7) is 1.75. The van der Waals surface area contributed by atoms with E-state index in [0.717, 1.165) is 10.4 Å². The van der Waals surface area contributed by atoms with Gasteiger partial charge >= 0.3 is 0 Å². The van der Waals surface area contributed by atoms with Crippen LogP contribution in [0.4, 0.5) is 5.69 Å². The molecule has 0 bridgehead atoms. The summed E-state index contributed by atoms with van der Waals surface area (Å²) in [5.41, 5.74) is 7.78. The fraction of sp³-hybridized carbons (Fsp3) is 0.0714. The summed E-state index contributed by atoms with van der Waals surface area (Å²) in [4.78, 5) is 11.2. The van der Waals surface area contributed by atoms with E-state index in [9.17, 15) is 15.4 Å². The van der Waals surface area contributed by atoms with Gasteiger partial charge in [-0.2, -0.15) is 5.26 Å². The lowest BCUT2D eigenvalue weighted by Gasteiger charge is -2.06. The Hall–Kier alpha value is -2.65. The number of nitro benzene ring substituents is 1. The van der Waals surface area contributed by atoms with Crippen molar-refractivity contribution < 1.29 is 4.92 Å². The zero-order chi connectivity index (χ0) is 14.7. The summed E-state index contributed by atoms with van der Waals surface area (Å²) >= 11 is 1.40. The minimum atomic E-state index is -0.471. The SMILES string of the molecule is Cc1cc(/C(N)=C(/C#N)c2cccs2)cc([N+](=O)[O-])c1. The Bertz CT molecular complexity index is 727. The number of nitriles is 1. The largest absolute Gasteiger partial charge is 0.397 e. The van der Waals surface area contributed by atoms with Crippen LogP contribution in [0.2, 0.25) is 0 Å². The van der Waals surface area contributed by atoms with Gasteiger partial charge in [0.25, 0.3) is 5.69 Å². The Labute approximate surface area is 119 Å². The molecule has 0 radical (unpaired) electrons. The zero-order valence-electron chi connectivity index (χ0n) is 10.7. The molecule has 0 amide bonds. The molecular weight excluding hydrogens is 274 g/mol. The van der Waals surface area contributed by atoms with Crippen LogP contribution in [0.3, 0.4) is 0 Å². The topological polar surface area (TPSA) is 93.0 Å². The predicted molar refractivity (Wildman–Crippen MR) is 78.8 cm³/mol. The van der Waals surface area contributed by atoms with Gasteiger partial charge in [-0.3, -0.25) is 10.1 Å². The maximum atomic E-state index is 10.9. The van der Waals surface area contributed by atoms with E-state index in [1.807, 2.05) is 11.4 Å². The summed E-state index contributed by atoms with van der Waals surface area (Å²) in [5.74, 6) is 0. The lowest BCUT2D eigenvalue weighted by molar-refractivity contribution is -0.384. The number of nitro groups is 1. The second kappa shape index (κ2) is 5.55. The smallest absolute Gasteiger partial charge is 0.270 e. The maximum absolute atomic E-state index is 10.9. The lowest BCUT2D eigenvalue weighted by Crippen LogP contribution is -2.01. The highest BCUT2D eigenvalue weighted by atomic mass is 32.1. The minimum Gasteiger partial charge on any atom is -0.397 e. The zero-order valence-corrected chi connectivity index (χ0v) is 11.5. The number of non-ortho nitro benzene ring substituents is 1. The Morgan fingerprint density at radius 3 is 2.75 bits per heavy atom. The van der Waals surface area contributed by atoms with Crippen molar-refractivity contribution in [2.24, 2.45) is 5.73 Å². The Balaban J connectivity index is 2.60. The molecule has 1 heterocycles. The molecule has 0 unspecified atom stereocenters. The van der Waals surface area contributed by atoms with E-state index in [1.165, 1.54) is 23.5 Å². The van der Waals surface area contributed by atoms with Gasteiger partial charge in [-0.25, -0.2) is 0 Å². The van der Waals surface area contributed by atoms with Crippen molar-refractivity contribution in [3.63, 3.8) is 0 Å². The first-order valence-electron chi connectivity index (χ1n) is 5.73. The first kappa shape index (κ1) is 13.8. The van der Waals surface area contributed by atoms with Crippen LogP contribution in [0, 0.1) is 28.4 Å². The summed E-state index contributed by atoms with van der Waals surface area (Å²) in [7, 11) is 0. The molecule has 100 valence electrons. The Kier molecular flexibility index (Phi) is 3.82. The molecule has 0 fully saturated rings. The van der Waals surface area contributed by atoms with Crippen molar-refractivity contribution in [2.45, 2.75) is 6.92 Å². The van der Waals surface area contributed by atoms with E-state index in [0.29, 0.717) is 11.1 Å². The van der Waals surface area contributed by atoms with E-state index in [-0.39, 0.29) is 11.4 Å². The monoisotopic (exact) mass is 285 g/mol. The minimum absolute atomic E-state index is 0.0357. The van der Waals surface area contributed by atoms with Crippen molar-refractivity contribution in [1.82, 2.24) is 0 Å². The molecule has 0 aliphatic carbocycles. The molecule has 0 saturated heterocycles. The normalized spacial score (nSPS) is 11.6. The van der Waals surface area contributed by atoms with Crippen LogP contribution < -0.4 is 5.73 Å². The van der Waals surface area contributed by atoms with Gasteiger partial charge in [-0.15, -0.1) is 11.3 Å². The van der Waals surface area contributed by atoms with E-state index < -0.39 is 4.92 Å². The third kappa shape index (κ3) is 2.68. The van der Waals surface area contributed by atoms with Crippen LogP contribution in [-0.2, 0) is 0 Å². The molecule has 2 rings (SSSR count). The first-order chi connectivity index (χ1) is 9.52. The van der Waals surface area contributed by atoms with E-state index in [2.05, 4.69) is 6.07 Å². The standard InChI is InChI=1S/C14H11N3O2S/c1-9-5-10(7-11(6-9)17(18)19)14(16)12(8-15)13-3-2-4-20-13/h2-7H,16H2,1H3/b14-12+. The third-order valence-corrected chi connectivity index (χ3v) is 3.62. The first-order valence-corrected chi connectivity index (χ1v) is 6.61. The van der Waals surface area contributed by atoms with Crippen molar-refractivity contribution in [3.8, 4) is 6.07 Å². The van der Waals surface area contributed by atoms with Gasteiger partial charge in [0.2, 0.25) is 0 Å². The number of thiophene rings is 1. The molecule has 1 aromatic heterocycles. The Morgan fingerprint density at radius 1 is 1.45 bits per heavy atom. The molecule has 2 N–H and O–H groups in total. The van der Waals surface area contributed by atoms with Crippen molar-refractivity contribution in [3.05, 3.63) is 61.8 Å². The molecule has 2 aromatic rings. The fourth-order valence-corrected chi connectivity index (χ4v) is 2.57. The highest BCUT2D eigenvalue weighted by molar-refractivity contribution is 7.11. The third-order valence-electron chi connectivity index (χ3n) is 2.73. The quantitative estimate of drug-likeness (QED) is 0.532. The van der Waals surface area contributed by atoms with Gasteiger partial charge in [0.1, 0.15) is 6.07 Å². The number of rotatable bonds is 3. The average Bonchev–Trinajstić information content (AvgIpc) is 2.92. The Morgan fingerprint density at radius 2 is 2.20 bits per heavy atom. The number of allylic oxidation sites excluding steroid dienone is 1. The van der Waals surface area contributed by atoms with Crippen LogP contribution in [-0.4, -0.2) is 4.92 Å². The fourth-order valence-electron chi connectivity index (χ4n) is 1.84. The number of nitrogens with two attached hydrogens (primary N) is 1. The van der Waals surface area contributed by atoms with Crippen molar-refractivity contribution in [2.75, 3.05) is 0 Å². The molecule has 20 heavy (non-hydrogen) atoms. The molecule has 0 atom stereocenters. The number of benzene rings is 1. The predicted octanol–water partition coefficient (Wildman–Crippen LogP) is 3.32. The molecule has 6 heteroatoms. The molecule has 0 aliphatic rings. The maximum Gasteiger partial charge on any atom is 0.270 e. The highest BCUT2D eigenvalue weighted by Crippen LogP contribution is 2.28. The van der Waals surface area contributed by atoms with Gasteiger partial charge in [0, 0.05) is 22.6 Å². The summed E-state index contributed by atoms with van der Waals surface area (Å²) in [6, 6.07) is 10.3. The molecule has 0 saturated carbocycles. The molecule has 1 aromatic carbocycles. The average molecular weight is 285 g/mol. The van der Waals surface area contributed by atoms with Crippen LogP contribution in [0.25, 0.3) is 11.3 Å². The second-order valence-electron chi connectivity index (χ2n) is 4.19. The van der Waals surface area contributed by atoms with Gasteiger partial charge < -0.3 is 5.73 Å². The lowest BCUT2D eigenvalue weighted by atomic mass is 10.0. The number of hydrogen-bond donors (Lipinski definition) is 1. The molecular formula is C14H11N3O2S. The van der Waals surface area contributed by atoms with E-state index in [1.54, 1.807) is 19.1 Å². The van der Waals surface area contributed by atoms with Gasteiger partial charge in [0.15, 0.2) is 0 Å². The van der Waals surface area contributed by atoms with Gasteiger partial charge in [-0.1, -0.05) is 6.07 Å². The van der Waals surface area contributed by atoms with Crippen LogP contribution in [0.5, 0.6) is 0 Å². The summed E-state index contributed by atoms with van der Waals surface area (Å²) < 4.78 is 0. The number of nitrogens with zero attached hydrogens (tertiary/aromatic N) is 2. The van der Waals surface area contributed by atoms with Crippen LogP contribution >= 0.6 is 11.3 Å². The summed E-state index contributed by atoms with van der Waals surface area (Å²) in [5, 5.41) is 22.0. The molecule has 0 spiro atoms. The van der Waals surface area contributed by atoms with Gasteiger partial charge in [0.05, 0.1) is 16.2 Å². The van der Waals surface area contributed by atoms with Crippen molar-refractivity contribution in [1.29, 1.82) is 5.26 Å². The van der Waals surface area contributed by atoms with Crippen LogP contribution in [0.15, 0.2) is 35.7 Å². The molecule has 5 nitrogen and oxygen atoms in total. The number of hydrogen-bond acceptors (Lipinski definition) is 5. The van der Waals surface area contributed by atoms with Crippen LogP contribution in [0.1, 0.15) is 16.0 Å². The van der Waals surface area contributed by atoms with Crippen molar-refractivity contribution >= 4 is 28.3 Å². The van der Waals surface area contributed by atoms with Gasteiger partial charge in [-0.05, 0) is 30.0 Å². The summed E-state index contributed by atoms with van der Waals surface area (Å²) in [6.07, 6.45) is 0. The van der Waals surface area contributed by atoms with E-state index >= 15 is 0 Å². The van der Waals surface area contributed by atoms with E-state index in [4.69, 9.17) is 5.73 Å². The molecule has 0 aliphatic heterocycles. The highest BCUT2D eigenvalue weighted by Gasteiger charge is 2.14. The second-order valence-corrected chi connectivity index (χ2v) is 5.14. The number of aryl methyl sites for hydroxylation is 1.